The van der Waals surface area contributed by atoms with Crippen LogP contribution in [0.5, 0.6) is 0 Å². The third-order valence-electron chi connectivity index (χ3n) is 4.43. The molecule has 0 atom stereocenters. The molecule has 26 heavy (non-hydrogen) atoms. The molecule has 5 heteroatoms. The number of hydrogen-bond acceptors (Lipinski definition) is 3. The Kier molecular flexibility index (Phi) is 4.13. The maximum Gasteiger partial charge on any atom is 0.260 e. The Balaban J connectivity index is 2.03. The molecule has 0 aliphatic carbocycles. The highest BCUT2D eigenvalue weighted by atomic mass is 35.5. The van der Waals surface area contributed by atoms with Crippen molar-refractivity contribution >= 4 is 22.5 Å². The number of nitrogens with zero attached hydrogens (tertiary/aromatic N) is 2. The van der Waals surface area contributed by atoms with Gasteiger partial charge in [0.1, 0.15) is 5.76 Å². The minimum absolute atomic E-state index is 0.127. The summed E-state index contributed by atoms with van der Waals surface area (Å²) in [4.78, 5) is 13.3. The maximum atomic E-state index is 13.3. The van der Waals surface area contributed by atoms with Crippen molar-refractivity contribution in [1.82, 2.24) is 9.72 Å². The zero-order chi connectivity index (χ0) is 18.3. The van der Waals surface area contributed by atoms with Gasteiger partial charge in [0.25, 0.3) is 5.56 Å². The molecule has 0 amide bonds. The lowest BCUT2D eigenvalue weighted by Crippen LogP contribution is -2.23. The number of halogens is 1. The summed E-state index contributed by atoms with van der Waals surface area (Å²) in [7, 11) is 0. The SMILES string of the molecule is Cc1noc(C)c1-c1[c]c2cc(Cl)ccc2n(Cc2ccccc2)c1=O. The van der Waals surface area contributed by atoms with Crippen LogP contribution in [-0.2, 0) is 6.54 Å². The molecule has 4 nitrogen and oxygen atoms in total. The van der Waals surface area contributed by atoms with Crippen molar-refractivity contribution < 1.29 is 4.52 Å². The van der Waals surface area contributed by atoms with Crippen LogP contribution in [0.4, 0.5) is 0 Å². The van der Waals surface area contributed by atoms with Gasteiger partial charge in [-0.3, -0.25) is 4.79 Å². The van der Waals surface area contributed by atoms with Gasteiger partial charge < -0.3 is 9.09 Å². The van der Waals surface area contributed by atoms with Crippen LogP contribution in [0.3, 0.4) is 0 Å². The highest BCUT2D eigenvalue weighted by Gasteiger charge is 2.19. The summed E-state index contributed by atoms with van der Waals surface area (Å²) >= 11 is 6.17. The van der Waals surface area contributed by atoms with Crippen molar-refractivity contribution in [2.45, 2.75) is 20.4 Å². The topological polar surface area (TPSA) is 48.0 Å². The second-order valence-corrected chi connectivity index (χ2v) is 6.67. The van der Waals surface area contributed by atoms with Gasteiger partial charge in [0.05, 0.1) is 28.9 Å². The normalized spacial score (nSPS) is 11.2. The van der Waals surface area contributed by atoms with Crippen LogP contribution in [-0.4, -0.2) is 9.72 Å². The van der Waals surface area contributed by atoms with Gasteiger partial charge in [0.15, 0.2) is 0 Å². The van der Waals surface area contributed by atoms with Crippen LogP contribution in [0.15, 0.2) is 57.8 Å². The van der Waals surface area contributed by atoms with E-state index in [0.29, 0.717) is 34.1 Å². The molecular weight excluding hydrogens is 348 g/mol. The zero-order valence-corrected chi connectivity index (χ0v) is 15.2. The first-order valence-corrected chi connectivity index (χ1v) is 8.65. The van der Waals surface area contributed by atoms with Gasteiger partial charge in [-0.2, -0.15) is 0 Å². The number of fused-ring (bicyclic) bond motifs is 1. The van der Waals surface area contributed by atoms with Gasteiger partial charge in [0.2, 0.25) is 0 Å². The fraction of sp³-hybridized carbons (Fsp3) is 0.143. The molecule has 129 valence electrons. The van der Waals surface area contributed by atoms with Crippen molar-refractivity contribution in [2.75, 3.05) is 0 Å². The van der Waals surface area contributed by atoms with Gasteiger partial charge in [-0.05, 0) is 37.6 Å². The Hall–Kier alpha value is -2.85. The van der Waals surface area contributed by atoms with Gasteiger partial charge in [-0.15, -0.1) is 0 Å². The van der Waals surface area contributed by atoms with E-state index in [2.05, 4.69) is 11.2 Å². The van der Waals surface area contributed by atoms with E-state index in [9.17, 15) is 4.79 Å². The van der Waals surface area contributed by atoms with Crippen molar-refractivity contribution in [3.8, 4) is 11.1 Å². The Morgan fingerprint density at radius 1 is 1.15 bits per heavy atom. The minimum Gasteiger partial charge on any atom is -0.361 e. The first-order chi connectivity index (χ1) is 12.5. The average molecular weight is 364 g/mol. The van der Waals surface area contributed by atoms with E-state index in [1.165, 1.54) is 0 Å². The minimum atomic E-state index is -0.127. The van der Waals surface area contributed by atoms with Crippen molar-refractivity contribution in [1.29, 1.82) is 0 Å². The Morgan fingerprint density at radius 2 is 1.92 bits per heavy atom. The standard InChI is InChI=1S/C21H16ClN2O2/c1-13-20(14(2)26-23-13)18-11-16-10-17(22)8-9-19(16)24(21(18)25)12-15-6-4-3-5-7-15/h3-10H,12H2,1-2H3. The van der Waals surface area contributed by atoms with E-state index < -0.39 is 0 Å². The van der Waals surface area contributed by atoms with Crippen molar-refractivity contribution in [3.05, 3.63) is 87.0 Å². The summed E-state index contributed by atoms with van der Waals surface area (Å²) in [5, 5.41) is 5.36. The smallest absolute Gasteiger partial charge is 0.260 e. The number of hydrogen-bond donors (Lipinski definition) is 0. The number of pyridine rings is 1. The van der Waals surface area contributed by atoms with Crippen molar-refractivity contribution in [2.24, 2.45) is 0 Å². The predicted molar refractivity (Wildman–Crippen MR) is 103 cm³/mol. The fourth-order valence-electron chi connectivity index (χ4n) is 3.21. The molecule has 0 N–H and O–H groups in total. The van der Waals surface area contributed by atoms with Crippen molar-refractivity contribution in [3.63, 3.8) is 0 Å². The molecule has 1 radical (unpaired) electrons. The zero-order valence-electron chi connectivity index (χ0n) is 14.4. The lowest BCUT2D eigenvalue weighted by molar-refractivity contribution is 0.393. The maximum absolute atomic E-state index is 13.3. The lowest BCUT2D eigenvalue weighted by Gasteiger charge is -2.13. The van der Waals surface area contributed by atoms with Crippen LogP contribution in [0, 0.1) is 19.9 Å². The van der Waals surface area contributed by atoms with Gasteiger partial charge >= 0.3 is 0 Å². The third kappa shape index (κ3) is 2.82. The van der Waals surface area contributed by atoms with E-state index in [-0.39, 0.29) is 5.56 Å². The molecule has 4 aromatic rings. The van der Waals surface area contributed by atoms with Gasteiger partial charge in [-0.1, -0.05) is 47.1 Å². The van der Waals surface area contributed by atoms with Crippen LogP contribution < -0.4 is 5.56 Å². The van der Waals surface area contributed by atoms with Crippen LogP contribution in [0.2, 0.25) is 5.02 Å². The predicted octanol–water partition coefficient (Wildman–Crippen LogP) is 4.78. The summed E-state index contributed by atoms with van der Waals surface area (Å²) in [5.74, 6) is 0.600. The van der Waals surface area contributed by atoms with E-state index >= 15 is 0 Å². The molecule has 0 saturated carbocycles. The first-order valence-electron chi connectivity index (χ1n) is 8.27. The number of aryl methyl sites for hydroxylation is 2. The number of rotatable bonds is 3. The number of benzene rings is 2. The summed E-state index contributed by atoms with van der Waals surface area (Å²) in [6, 6.07) is 18.6. The molecule has 0 bridgehead atoms. The highest BCUT2D eigenvalue weighted by Crippen LogP contribution is 2.28. The third-order valence-corrected chi connectivity index (χ3v) is 4.67. The Labute approximate surface area is 155 Å². The molecule has 0 aliphatic heterocycles. The first kappa shape index (κ1) is 16.6. The van der Waals surface area contributed by atoms with Crippen LogP contribution >= 0.6 is 11.6 Å². The molecule has 0 fully saturated rings. The Bertz CT molecular complexity index is 1140. The molecule has 4 rings (SSSR count). The molecule has 0 saturated heterocycles. The molecule has 0 spiro atoms. The molecular formula is C21H16ClN2O2. The van der Waals surface area contributed by atoms with Crippen LogP contribution in [0.1, 0.15) is 17.0 Å². The second-order valence-electron chi connectivity index (χ2n) is 6.24. The number of aromatic nitrogens is 2. The van der Waals surface area contributed by atoms with Crippen LogP contribution in [0.25, 0.3) is 22.0 Å². The van der Waals surface area contributed by atoms with Gasteiger partial charge in [-0.25, -0.2) is 0 Å². The summed E-state index contributed by atoms with van der Waals surface area (Å²) < 4.78 is 7.00. The van der Waals surface area contributed by atoms with E-state index in [1.807, 2.05) is 49.4 Å². The quantitative estimate of drug-likeness (QED) is 0.526. The molecule has 2 aromatic heterocycles. The largest absolute Gasteiger partial charge is 0.361 e. The molecule has 0 unspecified atom stereocenters. The average Bonchev–Trinajstić information content (AvgIpc) is 2.96. The van der Waals surface area contributed by atoms with E-state index in [4.69, 9.17) is 16.1 Å². The highest BCUT2D eigenvalue weighted by molar-refractivity contribution is 6.31. The summed E-state index contributed by atoms with van der Waals surface area (Å²) in [6.45, 7) is 4.08. The van der Waals surface area contributed by atoms with Gasteiger partial charge in [0, 0.05) is 16.5 Å². The van der Waals surface area contributed by atoms with E-state index in [0.717, 1.165) is 16.5 Å². The molecule has 2 heterocycles. The Morgan fingerprint density at radius 3 is 2.62 bits per heavy atom. The second kappa shape index (κ2) is 6.46. The van der Waals surface area contributed by atoms with E-state index in [1.54, 1.807) is 17.6 Å². The monoisotopic (exact) mass is 363 g/mol. The lowest BCUT2D eigenvalue weighted by atomic mass is 10.0. The molecule has 0 aliphatic rings. The fourth-order valence-corrected chi connectivity index (χ4v) is 3.38. The summed E-state index contributed by atoms with van der Waals surface area (Å²) in [6.07, 6.45) is 0. The summed E-state index contributed by atoms with van der Waals surface area (Å²) in [5.41, 5.74) is 3.52. The molecule has 2 aromatic carbocycles.